The molecule has 11 heteroatoms. The van der Waals surface area contributed by atoms with Crippen molar-refractivity contribution in [1.29, 1.82) is 0 Å². The smallest absolute Gasteiger partial charge is 0.443 e. The van der Waals surface area contributed by atoms with Crippen LogP contribution < -0.4 is 14.6 Å². The molecule has 0 spiro atoms. The van der Waals surface area contributed by atoms with Gasteiger partial charge in [0.2, 0.25) is 10.4 Å². The number of anilines is 1. The highest BCUT2D eigenvalue weighted by Gasteiger charge is 2.43. The number of aryl methyl sites for hydroxylation is 2. The number of fused-ring (bicyclic) bond motifs is 1. The van der Waals surface area contributed by atoms with Crippen LogP contribution in [0.25, 0.3) is 0 Å². The van der Waals surface area contributed by atoms with Gasteiger partial charge in [0.1, 0.15) is 5.82 Å². The van der Waals surface area contributed by atoms with Crippen molar-refractivity contribution in [3.05, 3.63) is 75.4 Å². The van der Waals surface area contributed by atoms with Crippen molar-refractivity contribution in [1.82, 2.24) is 10.1 Å². The van der Waals surface area contributed by atoms with E-state index in [9.17, 15) is 22.9 Å². The lowest BCUT2D eigenvalue weighted by Crippen LogP contribution is -2.41. The molecule has 4 rings (SSSR count). The number of nitrogens with zero attached hydrogens (tertiary/aromatic N) is 2. The molecule has 37 heavy (non-hydrogen) atoms. The topological polar surface area (TPSA) is 141 Å². The van der Waals surface area contributed by atoms with Crippen molar-refractivity contribution in [2.45, 2.75) is 50.3 Å². The van der Waals surface area contributed by atoms with Gasteiger partial charge in [-0.05, 0) is 62.1 Å². The van der Waals surface area contributed by atoms with Gasteiger partial charge in [-0.25, -0.2) is 13.4 Å². The van der Waals surface area contributed by atoms with E-state index in [1.54, 1.807) is 45.0 Å². The van der Waals surface area contributed by atoms with Gasteiger partial charge in [-0.3, -0.25) is 9.59 Å². The van der Waals surface area contributed by atoms with Crippen LogP contribution in [-0.2, 0) is 32.9 Å². The molecule has 1 amide bonds. The van der Waals surface area contributed by atoms with Crippen molar-refractivity contribution in [3.8, 4) is 5.88 Å². The summed E-state index contributed by atoms with van der Waals surface area (Å²) in [5.74, 6) is -0.0141. The number of methoxy groups -OCH3 is 1. The van der Waals surface area contributed by atoms with Gasteiger partial charge in [-0.15, -0.1) is 5.10 Å². The average Bonchev–Trinajstić information content (AvgIpc) is 2.86. The summed E-state index contributed by atoms with van der Waals surface area (Å²) in [4.78, 5) is 43.2. The Morgan fingerprint density at radius 2 is 1.92 bits per heavy atom. The Bertz CT molecular complexity index is 1550. The SMILES string of the molecule is CCS(=O)(=O)c1ccc(CC(=O)Nc2cc(C)c3c(n2)CCC(C)(c2ccc(OC)[n+](=O)[nH]2)C3=O)cc1. The highest BCUT2D eigenvalue weighted by Crippen LogP contribution is 2.38. The molecular formula is C26H29N4O6S+. The number of H-pyrrole nitrogens is 1. The summed E-state index contributed by atoms with van der Waals surface area (Å²) in [7, 11) is -1.91. The molecule has 1 aliphatic carbocycles. The fraction of sp³-hybridized carbons (Fsp3) is 0.346. The van der Waals surface area contributed by atoms with Gasteiger partial charge in [-0.2, -0.15) is 0 Å². The molecule has 1 aromatic carbocycles. The molecule has 0 saturated heterocycles. The quantitative estimate of drug-likeness (QED) is 0.452. The summed E-state index contributed by atoms with van der Waals surface area (Å²) in [6, 6.07) is 11.1. The number of carbonyl (C=O) groups is 2. The van der Waals surface area contributed by atoms with Crippen molar-refractivity contribution < 1.29 is 27.3 Å². The van der Waals surface area contributed by atoms with Crippen molar-refractivity contribution in [2.75, 3.05) is 18.2 Å². The molecule has 0 fully saturated rings. The van der Waals surface area contributed by atoms with Crippen LogP contribution in [0.4, 0.5) is 5.82 Å². The number of amides is 1. The Morgan fingerprint density at radius 3 is 2.54 bits per heavy atom. The van der Waals surface area contributed by atoms with Crippen LogP contribution in [0.3, 0.4) is 0 Å². The lowest BCUT2D eigenvalue weighted by atomic mass is 9.70. The molecule has 10 nitrogen and oxygen atoms in total. The second-order valence-electron chi connectivity index (χ2n) is 9.28. The molecule has 3 aromatic rings. The van der Waals surface area contributed by atoms with Gasteiger partial charge in [0.05, 0.1) is 52.0 Å². The van der Waals surface area contributed by atoms with Crippen LogP contribution in [0.15, 0.2) is 47.4 Å². The summed E-state index contributed by atoms with van der Waals surface area (Å²) in [5, 5.41) is 5.48. The van der Waals surface area contributed by atoms with Crippen molar-refractivity contribution in [2.24, 2.45) is 0 Å². The first kappa shape index (κ1) is 26.2. The minimum absolute atomic E-state index is 0.00876. The third-order valence-corrected chi connectivity index (χ3v) is 8.55. The minimum Gasteiger partial charge on any atom is -0.443 e. The molecule has 1 unspecified atom stereocenters. The molecule has 194 valence electrons. The normalized spacial score (nSPS) is 17.2. The maximum Gasteiger partial charge on any atom is 0.449 e. The number of Topliss-reactive ketones (excluding diaryl/α,β-unsaturated/α-hetero) is 1. The van der Waals surface area contributed by atoms with Gasteiger partial charge in [0.15, 0.2) is 15.6 Å². The van der Waals surface area contributed by atoms with Crippen molar-refractivity contribution >= 4 is 27.3 Å². The number of ketones is 1. The zero-order valence-corrected chi connectivity index (χ0v) is 21.9. The third-order valence-electron chi connectivity index (χ3n) is 6.79. The number of carbonyl (C=O) groups excluding carboxylic acids is 2. The number of hydrogen-bond acceptors (Lipinski definition) is 7. The van der Waals surface area contributed by atoms with E-state index in [4.69, 9.17) is 4.74 Å². The number of rotatable bonds is 7. The molecule has 2 N–H and O–H groups in total. The summed E-state index contributed by atoms with van der Waals surface area (Å²) in [6.45, 7) is 5.16. The van der Waals surface area contributed by atoms with Crippen molar-refractivity contribution in [3.63, 3.8) is 0 Å². The molecule has 0 saturated carbocycles. The number of hydrogen-bond donors (Lipinski definition) is 2. The van der Waals surface area contributed by atoms with Gasteiger partial charge >= 0.3 is 5.88 Å². The fourth-order valence-corrected chi connectivity index (χ4v) is 5.43. The number of aromatic nitrogens is 3. The molecule has 0 radical (unpaired) electrons. The average molecular weight is 526 g/mol. The molecule has 0 aliphatic heterocycles. The van der Waals surface area contributed by atoms with E-state index < -0.39 is 15.3 Å². The second-order valence-corrected chi connectivity index (χ2v) is 11.6. The van der Waals surface area contributed by atoms with E-state index in [2.05, 4.69) is 15.4 Å². The highest BCUT2D eigenvalue weighted by atomic mass is 32.2. The lowest BCUT2D eigenvalue weighted by Gasteiger charge is -2.32. The number of ether oxygens (including phenoxy) is 1. The number of nitrogens with one attached hydrogen (secondary N) is 2. The summed E-state index contributed by atoms with van der Waals surface area (Å²) < 4.78 is 29.4. The van der Waals surface area contributed by atoms with Crippen LogP contribution >= 0.6 is 0 Å². The molecule has 0 bridgehead atoms. The zero-order chi connectivity index (χ0) is 27.0. The standard InChI is InChI=1S/C26H28N4O6S/c1-5-37(34,35)18-8-6-17(7-9-18)15-22(31)28-21-14-16(2)24-19(27-21)12-13-26(3,25(24)32)20-10-11-23(36-4)30(33)29-20/h6-11,14H,5,12-13,15H2,1-4H3,(H-,27,28,29,31,32,33)/p+1. The fourth-order valence-electron chi connectivity index (χ4n) is 4.54. The maximum absolute atomic E-state index is 13.6. The number of benzene rings is 1. The van der Waals surface area contributed by atoms with Gasteiger partial charge < -0.3 is 10.1 Å². The second kappa shape index (κ2) is 9.89. The predicted molar refractivity (Wildman–Crippen MR) is 136 cm³/mol. The zero-order valence-electron chi connectivity index (χ0n) is 21.1. The highest BCUT2D eigenvalue weighted by molar-refractivity contribution is 7.91. The van der Waals surface area contributed by atoms with Crippen LogP contribution in [0, 0.1) is 11.8 Å². The van der Waals surface area contributed by atoms with Crippen LogP contribution in [-0.4, -0.2) is 43.1 Å². The molecule has 1 atom stereocenters. The third kappa shape index (κ3) is 5.04. The largest absolute Gasteiger partial charge is 0.449 e. The molecule has 2 aromatic heterocycles. The van der Waals surface area contributed by atoms with Crippen LogP contribution in [0.1, 0.15) is 53.1 Å². The van der Waals surface area contributed by atoms with Crippen LogP contribution in [0.2, 0.25) is 0 Å². The number of aromatic amines is 1. The lowest BCUT2D eigenvalue weighted by molar-refractivity contribution is -0.573. The Hall–Kier alpha value is -3.86. The maximum atomic E-state index is 13.6. The van der Waals surface area contributed by atoms with E-state index >= 15 is 0 Å². The first-order valence-corrected chi connectivity index (χ1v) is 13.5. The summed E-state index contributed by atoms with van der Waals surface area (Å²) >= 11 is 0. The first-order valence-electron chi connectivity index (χ1n) is 11.9. The molecule has 2 heterocycles. The number of sulfone groups is 1. The Kier molecular flexibility index (Phi) is 7.00. The van der Waals surface area contributed by atoms with Crippen LogP contribution in [0.5, 0.6) is 5.88 Å². The van der Waals surface area contributed by atoms with E-state index in [-0.39, 0.29) is 34.6 Å². The van der Waals surface area contributed by atoms with E-state index in [1.165, 1.54) is 25.3 Å². The van der Waals surface area contributed by atoms with E-state index in [1.807, 2.05) is 0 Å². The monoisotopic (exact) mass is 525 g/mol. The predicted octanol–water partition coefficient (Wildman–Crippen LogP) is 2.70. The minimum atomic E-state index is -3.30. The number of pyridine rings is 1. The Balaban J connectivity index is 1.52. The van der Waals surface area contributed by atoms with Gasteiger partial charge in [0, 0.05) is 5.56 Å². The van der Waals surface area contributed by atoms with Gasteiger partial charge in [0.25, 0.3) is 0 Å². The first-order chi connectivity index (χ1) is 17.5. The van der Waals surface area contributed by atoms with Gasteiger partial charge in [-0.1, -0.05) is 19.1 Å². The van der Waals surface area contributed by atoms with E-state index in [0.717, 1.165) is 0 Å². The molecular weight excluding hydrogens is 496 g/mol. The Labute approximate surface area is 214 Å². The summed E-state index contributed by atoms with van der Waals surface area (Å²) in [5.41, 5.74) is 1.96. The Morgan fingerprint density at radius 1 is 1.22 bits per heavy atom. The molecule has 1 aliphatic rings. The van der Waals surface area contributed by atoms with E-state index in [0.29, 0.717) is 51.3 Å². The summed E-state index contributed by atoms with van der Waals surface area (Å²) in [6.07, 6.45) is 0.955.